The third kappa shape index (κ3) is 6.03. The molecule has 7 nitrogen and oxygen atoms in total. The van der Waals surface area contributed by atoms with Crippen molar-refractivity contribution in [3.05, 3.63) is 104 Å². The number of anilines is 1. The number of carbonyl (C=O) groups is 3. The van der Waals surface area contributed by atoms with E-state index >= 15 is 4.79 Å². The zero-order valence-corrected chi connectivity index (χ0v) is 30.0. The number of nitrogens with zero attached hydrogens (tertiary/aromatic N) is 3. The van der Waals surface area contributed by atoms with Crippen molar-refractivity contribution in [2.24, 2.45) is 17.8 Å². The molecule has 3 heterocycles. The summed E-state index contributed by atoms with van der Waals surface area (Å²) in [5.74, 6) is -1.68. The van der Waals surface area contributed by atoms with Crippen LogP contribution in [0.1, 0.15) is 32.3 Å². The molecule has 252 valence electrons. The standard InChI is InChI=1S/C39H44BrN3O4S/c1-5-18-41(23-26-12-8-7-9-13-26)36(45)32-33-37(46)43(30(24-44)20-25(3)4)35(39(33)22-31(40)34(32)48-39)38(47)42(19-6-2)29-17-16-27-14-10-11-15-28(27)21-29/h5-17,21,25,30-35,44H,1-2,18-20,22-24H2,3-4H3/t30-,31?,32+,33+,34+,35?,39?/m1/s1. The summed E-state index contributed by atoms with van der Waals surface area (Å²) >= 11 is 5.53. The number of hydrogen-bond acceptors (Lipinski definition) is 5. The third-order valence-electron chi connectivity index (χ3n) is 10.1. The lowest BCUT2D eigenvalue weighted by molar-refractivity contribution is -0.145. The van der Waals surface area contributed by atoms with Gasteiger partial charge in [-0.1, -0.05) is 103 Å². The van der Waals surface area contributed by atoms with Crippen molar-refractivity contribution in [2.45, 2.75) is 60.1 Å². The number of aliphatic hydroxyl groups is 1. The number of benzene rings is 3. The second kappa shape index (κ2) is 14.2. The Hall–Kier alpha value is -3.40. The molecule has 2 bridgehead atoms. The Kier molecular flexibility index (Phi) is 10.2. The van der Waals surface area contributed by atoms with Gasteiger partial charge in [0.05, 0.1) is 29.2 Å². The lowest BCUT2D eigenvalue weighted by Gasteiger charge is -2.40. The van der Waals surface area contributed by atoms with Crippen LogP contribution in [0.4, 0.5) is 5.69 Å². The minimum atomic E-state index is -0.868. The molecular formula is C39H44BrN3O4S. The van der Waals surface area contributed by atoms with Gasteiger partial charge in [-0.2, -0.15) is 0 Å². The van der Waals surface area contributed by atoms with Crippen LogP contribution in [0.3, 0.4) is 0 Å². The summed E-state index contributed by atoms with van der Waals surface area (Å²) in [6, 6.07) is 22.3. The molecule has 7 atom stereocenters. The number of fused-ring (bicyclic) bond motifs is 2. The number of aliphatic hydroxyl groups excluding tert-OH is 1. The van der Waals surface area contributed by atoms with E-state index in [0.717, 1.165) is 22.0 Å². The van der Waals surface area contributed by atoms with Crippen molar-refractivity contribution in [2.75, 3.05) is 24.6 Å². The molecule has 3 aromatic rings. The molecule has 0 aromatic heterocycles. The first-order valence-electron chi connectivity index (χ1n) is 16.7. The maximum atomic E-state index is 15.2. The van der Waals surface area contributed by atoms with Gasteiger partial charge in [-0.05, 0) is 47.2 Å². The highest BCUT2D eigenvalue weighted by Gasteiger charge is 2.76. The molecule has 1 N–H and O–H groups in total. The average Bonchev–Trinajstić information content (AvgIpc) is 3.68. The Morgan fingerprint density at radius 3 is 2.38 bits per heavy atom. The number of rotatable bonds is 13. The van der Waals surface area contributed by atoms with Crippen molar-refractivity contribution in [1.82, 2.24) is 9.80 Å². The predicted octanol–water partition coefficient (Wildman–Crippen LogP) is 6.45. The van der Waals surface area contributed by atoms with Crippen LogP contribution in [0.5, 0.6) is 0 Å². The van der Waals surface area contributed by atoms with Crippen molar-refractivity contribution in [3.63, 3.8) is 0 Å². The van der Waals surface area contributed by atoms with E-state index in [2.05, 4.69) is 42.9 Å². The Bertz CT molecular complexity index is 1700. The zero-order chi connectivity index (χ0) is 34.2. The molecule has 3 fully saturated rings. The number of halogens is 1. The highest BCUT2D eigenvalue weighted by Crippen LogP contribution is 2.68. The quantitative estimate of drug-likeness (QED) is 0.162. The first-order valence-corrected chi connectivity index (χ1v) is 18.5. The van der Waals surface area contributed by atoms with Crippen molar-refractivity contribution in [1.29, 1.82) is 0 Å². The summed E-state index contributed by atoms with van der Waals surface area (Å²) in [7, 11) is 0. The molecule has 0 saturated carbocycles. The number of likely N-dealkylation sites (tertiary alicyclic amines) is 1. The molecular weight excluding hydrogens is 686 g/mol. The predicted molar refractivity (Wildman–Crippen MR) is 198 cm³/mol. The summed E-state index contributed by atoms with van der Waals surface area (Å²) in [5, 5.41) is 12.7. The van der Waals surface area contributed by atoms with Crippen molar-refractivity contribution in [3.8, 4) is 0 Å². The minimum absolute atomic E-state index is 0.0655. The van der Waals surface area contributed by atoms with E-state index in [1.165, 1.54) is 0 Å². The van der Waals surface area contributed by atoms with Crippen LogP contribution < -0.4 is 4.90 Å². The first kappa shape index (κ1) is 34.5. The summed E-state index contributed by atoms with van der Waals surface area (Å²) in [5.41, 5.74) is 1.71. The van der Waals surface area contributed by atoms with Gasteiger partial charge in [-0.15, -0.1) is 24.9 Å². The lowest BCUT2D eigenvalue weighted by Crippen LogP contribution is -2.58. The molecule has 0 aliphatic carbocycles. The summed E-state index contributed by atoms with van der Waals surface area (Å²) in [6.07, 6.45) is 4.53. The van der Waals surface area contributed by atoms with E-state index in [4.69, 9.17) is 0 Å². The SMILES string of the molecule is C=CCN(Cc1ccccc1)C(=O)[C@H]1[C@H]2C(=O)N([C@@H](CO)CC(C)C)C(C(=O)N(CC=C)c3ccc4ccccc4c3)C23CC(Br)[C@@H]1S3. The fourth-order valence-electron chi connectivity index (χ4n) is 8.19. The number of carbonyl (C=O) groups excluding carboxylic acids is 3. The van der Waals surface area contributed by atoms with Crippen molar-refractivity contribution >= 4 is 61.9 Å². The average molecular weight is 731 g/mol. The van der Waals surface area contributed by atoms with Crippen LogP contribution in [0, 0.1) is 17.8 Å². The Morgan fingerprint density at radius 1 is 1.02 bits per heavy atom. The van der Waals surface area contributed by atoms with Crippen LogP contribution in [-0.4, -0.2) is 79.2 Å². The molecule has 1 spiro atoms. The fraction of sp³-hybridized carbons (Fsp3) is 0.410. The lowest BCUT2D eigenvalue weighted by atomic mass is 9.70. The monoisotopic (exact) mass is 729 g/mol. The molecule has 3 aliphatic heterocycles. The van der Waals surface area contributed by atoms with Gasteiger partial charge in [0, 0.05) is 35.4 Å². The van der Waals surface area contributed by atoms with E-state index in [1.54, 1.807) is 38.6 Å². The van der Waals surface area contributed by atoms with E-state index in [9.17, 15) is 14.7 Å². The van der Waals surface area contributed by atoms with Gasteiger partial charge in [0.2, 0.25) is 11.8 Å². The van der Waals surface area contributed by atoms with Crippen LogP contribution in [0.15, 0.2) is 98.1 Å². The third-order valence-corrected chi connectivity index (χ3v) is 13.3. The molecule has 3 aliphatic rings. The van der Waals surface area contributed by atoms with Gasteiger partial charge in [-0.3, -0.25) is 14.4 Å². The number of alkyl halides is 1. The van der Waals surface area contributed by atoms with Gasteiger partial charge < -0.3 is 19.8 Å². The second-order valence-electron chi connectivity index (χ2n) is 13.6. The van der Waals surface area contributed by atoms with Gasteiger partial charge in [0.25, 0.3) is 5.91 Å². The van der Waals surface area contributed by atoms with Crippen molar-refractivity contribution < 1.29 is 19.5 Å². The Labute approximate surface area is 296 Å². The Morgan fingerprint density at radius 2 is 1.71 bits per heavy atom. The number of amides is 3. The molecule has 6 rings (SSSR count). The molecule has 0 radical (unpaired) electrons. The van der Waals surface area contributed by atoms with E-state index < -0.39 is 28.7 Å². The highest BCUT2D eigenvalue weighted by molar-refractivity contribution is 9.09. The van der Waals surface area contributed by atoms with Gasteiger partial charge in [-0.25, -0.2) is 0 Å². The molecule has 3 saturated heterocycles. The van der Waals surface area contributed by atoms with Crippen LogP contribution in [0.2, 0.25) is 0 Å². The van der Waals surface area contributed by atoms with Crippen LogP contribution in [-0.2, 0) is 20.9 Å². The number of thioether (sulfide) groups is 1. The normalized spacial score (nSPS) is 26.5. The Balaban J connectivity index is 1.44. The fourth-order valence-corrected chi connectivity index (χ4v) is 11.8. The van der Waals surface area contributed by atoms with E-state index in [1.807, 2.05) is 72.8 Å². The van der Waals surface area contributed by atoms with Gasteiger partial charge in [0.1, 0.15) is 6.04 Å². The molecule has 3 unspecified atom stereocenters. The summed E-state index contributed by atoms with van der Waals surface area (Å²) in [4.78, 5) is 49.9. The molecule has 3 amide bonds. The minimum Gasteiger partial charge on any atom is -0.394 e. The molecule has 9 heteroatoms. The van der Waals surface area contributed by atoms with E-state index in [0.29, 0.717) is 25.9 Å². The highest BCUT2D eigenvalue weighted by atomic mass is 79.9. The van der Waals surface area contributed by atoms with Crippen LogP contribution >= 0.6 is 27.7 Å². The zero-order valence-electron chi connectivity index (χ0n) is 27.6. The van der Waals surface area contributed by atoms with Gasteiger partial charge in [0.15, 0.2) is 0 Å². The summed E-state index contributed by atoms with van der Waals surface area (Å²) in [6.45, 7) is 12.7. The first-order chi connectivity index (χ1) is 23.1. The largest absolute Gasteiger partial charge is 0.394 e. The number of hydrogen-bond donors (Lipinski definition) is 1. The summed E-state index contributed by atoms with van der Waals surface area (Å²) < 4.78 is -0.847. The molecule has 48 heavy (non-hydrogen) atoms. The smallest absolute Gasteiger partial charge is 0.251 e. The molecule has 3 aromatic carbocycles. The topological polar surface area (TPSA) is 81.2 Å². The second-order valence-corrected chi connectivity index (χ2v) is 16.4. The van der Waals surface area contributed by atoms with Crippen LogP contribution in [0.25, 0.3) is 10.8 Å². The van der Waals surface area contributed by atoms with E-state index in [-0.39, 0.29) is 46.9 Å². The maximum Gasteiger partial charge on any atom is 0.251 e. The maximum absolute atomic E-state index is 15.2. The van der Waals surface area contributed by atoms with Gasteiger partial charge >= 0.3 is 0 Å².